The Balaban J connectivity index is 1.70. The predicted molar refractivity (Wildman–Crippen MR) is 88.2 cm³/mol. The molecule has 24 heavy (non-hydrogen) atoms. The summed E-state index contributed by atoms with van der Waals surface area (Å²) in [6.07, 6.45) is 3.43. The first kappa shape index (κ1) is 16.3. The molecule has 1 aromatic heterocycles. The zero-order chi connectivity index (χ0) is 16.9. The van der Waals surface area contributed by atoms with Crippen molar-refractivity contribution in [3.05, 3.63) is 60.1 Å². The smallest absolute Gasteiger partial charge is 0.307 e. The molecule has 2 N–H and O–H groups in total. The van der Waals surface area contributed by atoms with Crippen LogP contribution in [0.2, 0.25) is 0 Å². The summed E-state index contributed by atoms with van der Waals surface area (Å²) in [6, 6.07) is 13.5. The largest absolute Gasteiger partial charge is 0.481 e. The van der Waals surface area contributed by atoms with Gasteiger partial charge < -0.3 is 14.8 Å². The Hall–Kier alpha value is -2.56. The van der Waals surface area contributed by atoms with E-state index in [0.29, 0.717) is 18.6 Å². The van der Waals surface area contributed by atoms with Crippen LogP contribution in [0.15, 0.2) is 53.1 Å². The van der Waals surface area contributed by atoms with Crippen LogP contribution >= 0.6 is 0 Å². The van der Waals surface area contributed by atoms with Crippen molar-refractivity contribution in [2.75, 3.05) is 0 Å². The Labute approximate surface area is 140 Å². The fourth-order valence-electron chi connectivity index (χ4n) is 3.50. The highest BCUT2D eigenvalue weighted by molar-refractivity contribution is 5.85. The van der Waals surface area contributed by atoms with E-state index in [1.165, 1.54) is 5.56 Å². The Morgan fingerprint density at radius 3 is 2.54 bits per heavy atom. The van der Waals surface area contributed by atoms with Gasteiger partial charge in [-0.25, -0.2) is 0 Å². The van der Waals surface area contributed by atoms with E-state index >= 15 is 0 Å². The molecule has 5 nitrogen and oxygen atoms in total. The number of furan rings is 1. The minimum absolute atomic E-state index is 0.209. The number of benzene rings is 1. The number of carbonyl (C=O) groups excluding carboxylic acids is 1. The third kappa shape index (κ3) is 3.67. The number of rotatable bonds is 5. The van der Waals surface area contributed by atoms with E-state index in [-0.39, 0.29) is 18.4 Å². The van der Waals surface area contributed by atoms with E-state index in [4.69, 9.17) is 4.42 Å². The van der Waals surface area contributed by atoms with Gasteiger partial charge in [0.05, 0.1) is 24.6 Å². The average Bonchev–Trinajstić information content (AvgIpc) is 3.13. The second-order valence-electron chi connectivity index (χ2n) is 6.27. The number of nitrogens with one attached hydrogen (secondary N) is 1. The molecule has 0 unspecified atom stereocenters. The molecule has 5 heteroatoms. The van der Waals surface area contributed by atoms with Crippen LogP contribution in [0, 0.1) is 11.8 Å². The SMILES string of the molecule is O=C(O)[C@H]1CC[C@H](c2ccccc2)C[C@H]1C(=O)NCc1ccco1. The van der Waals surface area contributed by atoms with Crippen LogP contribution in [0.4, 0.5) is 0 Å². The van der Waals surface area contributed by atoms with E-state index in [1.54, 1.807) is 18.4 Å². The molecular weight excluding hydrogens is 306 g/mol. The van der Waals surface area contributed by atoms with Crippen LogP contribution in [-0.4, -0.2) is 17.0 Å². The van der Waals surface area contributed by atoms with Gasteiger partial charge in [-0.2, -0.15) is 0 Å². The maximum absolute atomic E-state index is 12.6. The molecule has 2 aromatic rings. The summed E-state index contributed by atoms with van der Waals surface area (Å²) in [5, 5.41) is 12.3. The van der Waals surface area contributed by atoms with Gasteiger partial charge >= 0.3 is 5.97 Å². The van der Waals surface area contributed by atoms with Crippen LogP contribution in [0.1, 0.15) is 36.5 Å². The molecule has 0 aliphatic heterocycles. The molecule has 0 spiro atoms. The topological polar surface area (TPSA) is 79.5 Å². The van der Waals surface area contributed by atoms with Gasteiger partial charge in [0, 0.05) is 0 Å². The number of amides is 1. The predicted octanol–water partition coefficient (Wildman–Crippen LogP) is 3.18. The lowest BCUT2D eigenvalue weighted by atomic mass is 9.71. The van der Waals surface area contributed by atoms with E-state index in [2.05, 4.69) is 5.32 Å². The van der Waals surface area contributed by atoms with Crippen molar-refractivity contribution in [2.45, 2.75) is 31.7 Å². The summed E-state index contributed by atoms with van der Waals surface area (Å²) in [5.74, 6) is -1.36. The zero-order valence-corrected chi connectivity index (χ0v) is 13.4. The molecule has 1 aliphatic rings. The number of carboxylic acids is 1. The normalized spacial score (nSPS) is 23.6. The fraction of sp³-hybridized carbons (Fsp3) is 0.368. The standard InChI is InChI=1S/C19H21NO4/c21-18(20-12-15-7-4-10-24-15)17-11-14(8-9-16(17)19(22)23)13-5-2-1-3-6-13/h1-7,10,14,16-17H,8-9,11-12H2,(H,20,21)(H,22,23)/t14-,16-,17+/m0/s1. The molecule has 1 aliphatic carbocycles. The summed E-state index contributed by atoms with van der Waals surface area (Å²) in [7, 11) is 0. The third-order valence-corrected chi connectivity index (χ3v) is 4.79. The lowest BCUT2D eigenvalue weighted by molar-refractivity contribution is -0.149. The highest BCUT2D eigenvalue weighted by Gasteiger charge is 2.39. The second kappa shape index (κ2) is 7.34. The molecule has 1 aromatic carbocycles. The number of carbonyl (C=O) groups is 2. The van der Waals surface area contributed by atoms with Crippen molar-refractivity contribution in [3.8, 4) is 0 Å². The maximum Gasteiger partial charge on any atom is 0.307 e. The van der Waals surface area contributed by atoms with E-state index in [1.807, 2.05) is 30.3 Å². The van der Waals surface area contributed by atoms with E-state index < -0.39 is 17.8 Å². The van der Waals surface area contributed by atoms with E-state index in [0.717, 1.165) is 6.42 Å². The molecule has 1 amide bonds. The second-order valence-corrected chi connectivity index (χ2v) is 6.27. The van der Waals surface area contributed by atoms with Crippen LogP contribution in [-0.2, 0) is 16.1 Å². The molecule has 126 valence electrons. The van der Waals surface area contributed by atoms with E-state index in [9.17, 15) is 14.7 Å². The first-order valence-electron chi connectivity index (χ1n) is 8.23. The summed E-state index contributed by atoms with van der Waals surface area (Å²) < 4.78 is 5.20. The first-order valence-corrected chi connectivity index (χ1v) is 8.23. The molecular formula is C19H21NO4. The number of hydrogen-bond acceptors (Lipinski definition) is 3. The fourth-order valence-corrected chi connectivity index (χ4v) is 3.50. The number of carboxylic acid groups (broad SMARTS) is 1. The highest BCUT2D eigenvalue weighted by Crippen LogP contribution is 2.39. The van der Waals surface area contributed by atoms with Gasteiger partial charge in [-0.3, -0.25) is 9.59 Å². The van der Waals surface area contributed by atoms with Gasteiger partial charge in [-0.05, 0) is 42.9 Å². The molecule has 1 heterocycles. The van der Waals surface area contributed by atoms with Crippen LogP contribution in [0.3, 0.4) is 0 Å². The van der Waals surface area contributed by atoms with Crippen LogP contribution < -0.4 is 5.32 Å². The van der Waals surface area contributed by atoms with Gasteiger partial charge in [0.1, 0.15) is 5.76 Å². The molecule has 3 rings (SSSR count). The first-order chi connectivity index (χ1) is 11.6. The Morgan fingerprint density at radius 2 is 1.88 bits per heavy atom. The molecule has 0 bridgehead atoms. The van der Waals surface area contributed by atoms with Crippen molar-refractivity contribution >= 4 is 11.9 Å². The van der Waals surface area contributed by atoms with Gasteiger partial charge in [0.25, 0.3) is 0 Å². The van der Waals surface area contributed by atoms with Crippen LogP contribution in [0.25, 0.3) is 0 Å². The van der Waals surface area contributed by atoms with Gasteiger partial charge in [0.15, 0.2) is 0 Å². The summed E-state index contributed by atoms with van der Waals surface area (Å²) in [5.41, 5.74) is 1.17. The molecule has 1 fully saturated rings. The third-order valence-electron chi connectivity index (χ3n) is 4.79. The van der Waals surface area contributed by atoms with Crippen molar-refractivity contribution in [2.24, 2.45) is 11.8 Å². The van der Waals surface area contributed by atoms with Crippen molar-refractivity contribution in [3.63, 3.8) is 0 Å². The maximum atomic E-state index is 12.6. The Kier molecular flexibility index (Phi) is 4.99. The molecule has 0 radical (unpaired) electrons. The highest BCUT2D eigenvalue weighted by atomic mass is 16.4. The summed E-state index contributed by atoms with van der Waals surface area (Å²) >= 11 is 0. The van der Waals surface area contributed by atoms with Crippen molar-refractivity contribution in [1.82, 2.24) is 5.32 Å². The van der Waals surface area contributed by atoms with Crippen LogP contribution in [0.5, 0.6) is 0 Å². The van der Waals surface area contributed by atoms with Gasteiger partial charge in [0.2, 0.25) is 5.91 Å². The zero-order valence-electron chi connectivity index (χ0n) is 13.4. The van der Waals surface area contributed by atoms with Crippen molar-refractivity contribution in [1.29, 1.82) is 0 Å². The number of hydrogen-bond donors (Lipinski definition) is 2. The van der Waals surface area contributed by atoms with Gasteiger partial charge in [-0.1, -0.05) is 30.3 Å². The molecule has 1 saturated carbocycles. The molecule has 0 saturated heterocycles. The average molecular weight is 327 g/mol. The number of aliphatic carboxylic acids is 1. The lowest BCUT2D eigenvalue weighted by Crippen LogP contribution is -2.41. The monoisotopic (exact) mass is 327 g/mol. The summed E-state index contributed by atoms with van der Waals surface area (Å²) in [4.78, 5) is 24.1. The van der Waals surface area contributed by atoms with Crippen molar-refractivity contribution < 1.29 is 19.1 Å². The summed E-state index contributed by atoms with van der Waals surface area (Å²) in [6.45, 7) is 0.282. The minimum atomic E-state index is -0.889. The Bertz CT molecular complexity index is 681. The Morgan fingerprint density at radius 1 is 1.08 bits per heavy atom. The lowest BCUT2D eigenvalue weighted by Gasteiger charge is -2.33. The quantitative estimate of drug-likeness (QED) is 0.884. The minimum Gasteiger partial charge on any atom is -0.481 e. The van der Waals surface area contributed by atoms with Gasteiger partial charge in [-0.15, -0.1) is 0 Å². The molecule has 3 atom stereocenters.